The normalized spacial score (nSPS) is 10.6. The zero-order valence-corrected chi connectivity index (χ0v) is 24.5. The molecule has 0 spiro atoms. The number of methoxy groups -OCH3 is 1. The van der Waals surface area contributed by atoms with Gasteiger partial charge in [0.1, 0.15) is 24.7 Å². The van der Waals surface area contributed by atoms with Crippen LogP contribution in [0.15, 0.2) is 103 Å². The van der Waals surface area contributed by atoms with Gasteiger partial charge in [-0.25, -0.2) is 0 Å². The van der Waals surface area contributed by atoms with Crippen LogP contribution in [0.4, 0.5) is 0 Å². The smallest absolute Gasteiger partial charge is 0.307 e. The maximum absolute atomic E-state index is 13.5. The highest BCUT2D eigenvalue weighted by Crippen LogP contribution is 2.20. The van der Waals surface area contributed by atoms with E-state index in [1.165, 1.54) is 25.5 Å². The molecule has 218 valence electrons. The van der Waals surface area contributed by atoms with Crippen LogP contribution in [0.5, 0.6) is 11.5 Å². The molecule has 0 unspecified atom stereocenters. The third-order valence-corrected chi connectivity index (χ3v) is 6.99. The first-order chi connectivity index (χ1) is 20.5. The second-order valence-corrected chi connectivity index (χ2v) is 10.2. The number of aryl methyl sites for hydroxylation is 1. The van der Waals surface area contributed by atoms with Crippen LogP contribution in [0.2, 0.25) is 0 Å². The Kier molecular flexibility index (Phi) is 11.6. The lowest BCUT2D eigenvalue weighted by Gasteiger charge is -2.23. The van der Waals surface area contributed by atoms with Gasteiger partial charge < -0.3 is 19.1 Å². The Bertz CT molecular complexity index is 1380. The number of ether oxygens (including phenoxy) is 3. The van der Waals surface area contributed by atoms with Crippen LogP contribution in [0.1, 0.15) is 58.8 Å². The topological polar surface area (TPSA) is 65.1 Å². The van der Waals surface area contributed by atoms with Crippen molar-refractivity contribution in [3.63, 3.8) is 0 Å². The van der Waals surface area contributed by atoms with Gasteiger partial charge in [-0.3, -0.25) is 9.59 Å². The Hall–Kier alpha value is -4.58. The number of hydrogen-bond acceptors (Lipinski definition) is 5. The van der Waals surface area contributed by atoms with Crippen molar-refractivity contribution < 1.29 is 23.8 Å². The second-order valence-electron chi connectivity index (χ2n) is 10.2. The van der Waals surface area contributed by atoms with Gasteiger partial charge in [0.2, 0.25) is 0 Å². The molecule has 6 heteroatoms. The fourth-order valence-corrected chi connectivity index (χ4v) is 4.46. The van der Waals surface area contributed by atoms with Crippen molar-refractivity contribution in [2.75, 3.05) is 13.7 Å². The maximum atomic E-state index is 13.5. The summed E-state index contributed by atoms with van der Waals surface area (Å²) in [6.07, 6.45) is 3.58. The average Bonchev–Trinajstić information content (AvgIpc) is 3.05. The molecule has 0 aromatic heterocycles. The van der Waals surface area contributed by atoms with Gasteiger partial charge in [-0.1, -0.05) is 80.1 Å². The predicted octanol–water partition coefficient (Wildman–Crippen LogP) is 7.39. The maximum Gasteiger partial charge on any atom is 0.307 e. The number of benzene rings is 4. The summed E-state index contributed by atoms with van der Waals surface area (Å²) in [5, 5.41) is 0. The van der Waals surface area contributed by atoms with Crippen molar-refractivity contribution in [2.24, 2.45) is 0 Å². The van der Waals surface area contributed by atoms with Crippen LogP contribution in [0, 0.1) is 0 Å². The number of carbonyl (C=O) groups excluding carboxylic acids is 2. The zero-order valence-electron chi connectivity index (χ0n) is 24.5. The summed E-state index contributed by atoms with van der Waals surface area (Å²) in [6, 6.07) is 33.3. The van der Waals surface area contributed by atoms with Crippen molar-refractivity contribution in [2.45, 2.75) is 52.4 Å². The Labute approximate surface area is 248 Å². The molecule has 0 saturated heterocycles. The van der Waals surface area contributed by atoms with Crippen LogP contribution in [-0.4, -0.2) is 30.4 Å². The number of rotatable bonds is 15. The van der Waals surface area contributed by atoms with Gasteiger partial charge in [0.25, 0.3) is 5.91 Å². The molecular weight excluding hydrogens is 526 g/mol. The van der Waals surface area contributed by atoms with Gasteiger partial charge >= 0.3 is 5.97 Å². The van der Waals surface area contributed by atoms with E-state index in [9.17, 15) is 9.59 Å². The van der Waals surface area contributed by atoms with Gasteiger partial charge in [0.15, 0.2) is 0 Å². The molecule has 0 atom stereocenters. The van der Waals surface area contributed by atoms with E-state index in [2.05, 4.69) is 31.2 Å². The summed E-state index contributed by atoms with van der Waals surface area (Å²) >= 11 is 0. The molecule has 6 nitrogen and oxygen atoms in total. The fourth-order valence-electron chi connectivity index (χ4n) is 4.46. The summed E-state index contributed by atoms with van der Waals surface area (Å²) in [4.78, 5) is 27.0. The van der Waals surface area contributed by atoms with Crippen molar-refractivity contribution in [3.05, 3.63) is 131 Å². The van der Waals surface area contributed by atoms with Crippen LogP contribution in [-0.2, 0) is 35.7 Å². The van der Waals surface area contributed by atoms with Gasteiger partial charge in [-0.2, -0.15) is 0 Å². The Morgan fingerprint density at radius 1 is 0.667 bits per heavy atom. The van der Waals surface area contributed by atoms with Gasteiger partial charge in [0.05, 0.1) is 13.5 Å². The molecule has 0 radical (unpaired) electrons. The first kappa shape index (κ1) is 30.4. The molecular formula is C36H39NO5. The second kappa shape index (κ2) is 16.0. The number of amides is 1. The van der Waals surface area contributed by atoms with E-state index in [0.717, 1.165) is 28.9 Å². The molecule has 42 heavy (non-hydrogen) atoms. The highest BCUT2D eigenvalue weighted by Gasteiger charge is 2.18. The third-order valence-electron chi connectivity index (χ3n) is 6.99. The summed E-state index contributed by atoms with van der Waals surface area (Å²) in [5.41, 5.74) is 4.98. The predicted molar refractivity (Wildman–Crippen MR) is 164 cm³/mol. The highest BCUT2D eigenvalue weighted by molar-refractivity contribution is 5.94. The van der Waals surface area contributed by atoms with E-state index in [-0.39, 0.29) is 24.8 Å². The molecule has 0 aliphatic rings. The van der Waals surface area contributed by atoms with E-state index < -0.39 is 0 Å². The van der Waals surface area contributed by atoms with Crippen molar-refractivity contribution in [1.82, 2.24) is 4.90 Å². The molecule has 0 aliphatic heterocycles. The number of esters is 1. The van der Waals surface area contributed by atoms with Crippen LogP contribution >= 0.6 is 0 Å². The van der Waals surface area contributed by atoms with E-state index in [1.54, 1.807) is 29.2 Å². The van der Waals surface area contributed by atoms with Gasteiger partial charge in [-0.15, -0.1) is 0 Å². The highest BCUT2D eigenvalue weighted by atomic mass is 16.5. The van der Waals surface area contributed by atoms with E-state index in [4.69, 9.17) is 14.2 Å². The van der Waals surface area contributed by atoms with Crippen LogP contribution in [0.3, 0.4) is 0 Å². The average molecular weight is 566 g/mol. The van der Waals surface area contributed by atoms with Gasteiger partial charge in [-0.05, 0) is 71.5 Å². The zero-order chi connectivity index (χ0) is 29.6. The summed E-state index contributed by atoms with van der Waals surface area (Å²) in [6.45, 7) is 3.72. The lowest BCUT2D eigenvalue weighted by Crippen LogP contribution is -2.32. The third kappa shape index (κ3) is 9.51. The SMILES string of the molecule is CCCCc1ccc(COc2ccc(C(=O)N(CCC(=O)OC)Cc3ccc(OCc4ccccc4)cc3)cc2)cc1. The monoisotopic (exact) mass is 565 g/mol. The van der Waals surface area contributed by atoms with E-state index in [0.29, 0.717) is 31.1 Å². The van der Waals surface area contributed by atoms with Crippen molar-refractivity contribution in [3.8, 4) is 11.5 Å². The molecule has 0 saturated carbocycles. The Morgan fingerprint density at radius 2 is 1.21 bits per heavy atom. The molecule has 0 aliphatic carbocycles. The molecule has 0 N–H and O–H groups in total. The summed E-state index contributed by atoms with van der Waals surface area (Å²) < 4.78 is 16.7. The first-order valence-corrected chi connectivity index (χ1v) is 14.5. The standard InChI is InChI=1S/C36H39NO5/c1-3-4-8-28-11-13-31(14-12-28)27-42-34-21-17-32(18-22-34)36(39)37(24-23-35(38)40-2)25-29-15-19-33(20-16-29)41-26-30-9-6-5-7-10-30/h5-7,9-22H,3-4,8,23-27H2,1-2H3. The summed E-state index contributed by atoms with van der Waals surface area (Å²) in [5.74, 6) is 0.906. The minimum Gasteiger partial charge on any atom is -0.489 e. The molecule has 0 fully saturated rings. The Balaban J connectivity index is 1.35. The quantitative estimate of drug-likeness (QED) is 0.141. The molecule has 4 rings (SSSR count). The van der Waals surface area contributed by atoms with Crippen LogP contribution in [0.25, 0.3) is 0 Å². The lowest BCUT2D eigenvalue weighted by molar-refractivity contribution is -0.140. The summed E-state index contributed by atoms with van der Waals surface area (Å²) in [7, 11) is 1.35. The fraction of sp³-hybridized carbons (Fsp3) is 0.278. The van der Waals surface area contributed by atoms with E-state index >= 15 is 0 Å². The molecule has 4 aromatic carbocycles. The number of unbranched alkanes of at least 4 members (excludes halogenated alkanes) is 1. The number of carbonyl (C=O) groups is 2. The minimum absolute atomic E-state index is 0.110. The molecule has 0 heterocycles. The Morgan fingerprint density at radius 3 is 1.81 bits per heavy atom. The molecule has 1 amide bonds. The molecule has 4 aromatic rings. The van der Waals surface area contributed by atoms with Crippen LogP contribution < -0.4 is 9.47 Å². The number of nitrogens with zero attached hydrogens (tertiary/aromatic N) is 1. The van der Waals surface area contributed by atoms with Gasteiger partial charge in [0, 0.05) is 18.7 Å². The van der Waals surface area contributed by atoms with Crippen molar-refractivity contribution in [1.29, 1.82) is 0 Å². The first-order valence-electron chi connectivity index (χ1n) is 14.5. The minimum atomic E-state index is -0.361. The number of hydrogen-bond donors (Lipinski definition) is 0. The largest absolute Gasteiger partial charge is 0.489 e. The lowest BCUT2D eigenvalue weighted by atomic mass is 10.1. The van der Waals surface area contributed by atoms with Crippen molar-refractivity contribution >= 4 is 11.9 Å². The molecule has 0 bridgehead atoms. The van der Waals surface area contributed by atoms with E-state index in [1.807, 2.05) is 54.6 Å².